The number of nitrogens with zero attached hydrogens (tertiary/aromatic N) is 2. The molecule has 2 aromatic heterocycles. The Balaban J connectivity index is 2.53. The van der Waals surface area contributed by atoms with Crippen LogP contribution in [0.15, 0.2) is 21.4 Å². The smallest absolute Gasteiger partial charge is 0.162 e. The van der Waals surface area contributed by atoms with Crippen LogP contribution in [0.3, 0.4) is 0 Å². The third kappa shape index (κ3) is 1.65. The number of aromatic nitrogens is 2. The van der Waals surface area contributed by atoms with Gasteiger partial charge in [0.05, 0.1) is 4.47 Å². The predicted octanol–water partition coefficient (Wildman–Crippen LogP) is 2.86. The van der Waals surface area contributed by atoms with Crippen molar-refractivity contribution in [3.05, 3.63) is 27.0 Å². The minimum Gasteiger partial charge on any atom is -0.383 e. The van der Waals surface area contributed by atoms with E-state index in [4.69, 9.17) is 5.73 Å². The summed E-state index contributed by atoms with van der Waals surface area (Å²) >= 11 is 4.90. The zero-order valence-corrected chi connectivity index (χ0v) is 9.89. The summed E-state index contributed by atoms with van der Waals surface area (Å²) in [7, 11) is 0. The van der Waals surface area contributed by atoms with Crippen LogP contribution in [0.1, 0.15) is 5.56 Å². The fraction of sp³-hybridized carbons (Fsp3) is 0.111. The summed E-state index contributed by atoms with van der Waals surface area (Å²) in [4.78, 5) is 8.41. The highest BCUT2D eigenvalue weighted by molar-refractivity contribution is 9.10. The highest BCUT2D eigenvalue weighted by atomic mass is 79.9. The molecule has 2 heterocycles. The number of rotatable bonds is 1. The van der Waals surface area contributed by atoms with E-state index < -0.39 is 0 Å². The van der Waals surface area contributed by atoms with Gasteiger partial charge >= 0.3 is 0 Å². The Morgan fingerprint density at radius 2 is 2.21 bits per heavy atom. The van der Waals surface area contributed by atoms with Crippen LogP contribution < -0.4 is 5.73 Å². The van der Waals surface area contributed by atoms with Gasteiger partial charge in [-0.2, -0.15) is 11.3 Å². The van der Waals surface area contributed by atoms with Gasteiger partial charge in [0, 0.05) is 17.1 Å². The molecule has 0 amide bonds. The summed E-state index contributed by atoms with van der Waals surface area (Å²) in [6, 6.07) is 0. The van der Waals surface area contributed by atoms with E-state index in [2.05, 4.69) is 31.3 Å². The molecule has 0 aromatic carbocycles. The largest absolute Gasteiger partial charge is 0.383 e. The minimum absolute atomic E-state index is 0.473. The lowest BCUT2D eigenvalue weighted by Crippen LogP contribution is -1.96. The molecule has 0 radical (unpaired) electrons. The molecule has 0 aliphatic rings. The number of anilines is 1. The molecule has 3 nitrogen and oxygen atoms in total. The lowest BCUT2D eigenvalue weighted by molar-refractivity contribution is 1.17. The van der Waals surface area contributed by atoms with Crippen LogP contribution in [0.4, 0.5) is 5.82 Å². The summed E-state index contributed by atoms with van der Waals surface area (Å²) in [5, 5.41) is 4.09. The summed E-state index contributed by atoms with van der Waals surface area (Å²) < 4.78 is 0.731. The summed E-state index contributed by atoms with van der Waals surface area (Å²) in [6.07, 6.45) is 1.68. The van der Waals surface area contributed by atoms with Crippen molar-refractivity contribution in [2.45, 2.75) is 6.92 Å². The SMILES string of the molecule is Cc1cscc1-c1ncc(Br)c(N)n1. The molecule has 0 fully saturated rings. The zero-order valence-electron chi connectivity index (χ0n) is 7.49. The molecular weight excluding hydrogens is 262 g/mol. The first kappa shape index (κ1) is 9.61. The van der Waals surface area contributed by atoms with Crippen LogP contribution in [0, 0.1) is 6.92 Å². The molecule has 0 spiro atoms. The number of aryl methyl sites for hydroxylation is 1. The second-order valence-electron chi connectivity index (χ2n) is 2.90. The average molecular weight is 270 g/mol. The van der Waals surface area contributed by atoms with Gasteiger partial charge in [0.15, 0.2) is 5.82 Å². The quantitative estimate of drug-likeness (QED) is 0.866. The first-order valence-corrected chi connectivity index (χ1v) is 5.73. The fourth-order valence-electron chi connectivity index (χ4n) is 1.10. The number of nitrogen functional groups attached to an aromatic ring is 1. The molecular formula is C9H8BrN3S. The second kappa shape index (κ2) is 3.67. The van der Waals surface area contributed by atoms with Gasteiger partial charge in [-0.15, -0.1) is 0 Å². The van der Waals surface area contributed by atoms with Gasteiger partial charge < -0.3 is 5.73 Å². The van der Waals surface area contributed by atoms with Gasteiger partial charge in [-0.1, -0.05) is 0 Å². The third-order valence-electron chi connectivity index (χ3n) is 1.87. The van der Waals surface area contributed by atoms with Gasteiger partial charge in [-0.25, -0.2) is 9.97 Å². The van der Waals surface area contributed by atoms with Gasteiger partial charge in [0.1, 0.15) is 5.82 Å². The molecule has 5 heteroatoms. The molecule has 0 unspecified atom stereocenters. The molecule has 2 rings (SSSR count). The highest BCUT2D eigenvalue weighted by Gasteiger charge is 2.07. The summed E-state index contributed by atoms with van der Waals surface area (Å²) in [5.74, 6) is 1.16. The Morgan fingerprint density at radius 3 is 2.79 bits per heavy atom. The first-order chi connectivity index (χ1) is 6.68. The number of hydrogen-bond donors (Lipinski definition) is 1. The average Bonchev–Trinajstić information content (AvgIpc) is 2.57. The van der Waals surface area contributed by atoms with Crippen molar-refractivity contribution in [3.8, 4) is 11.4 Å². The number of nitrogens with two attached hydrogens (primary N) is 1. The van der Waals surface area contributed by atoms with Gasteiger partial charge in [0.25, 0.3) is 0 Å². The Bertz CT molecular complexity index is 467. The van der Waals surface area contributed by atoms with E-state index in [1.807, 2.05) is 12.3 Å². The standard InChI is InChI=1S/C9H8BrN3S/c1-5-3-14-4-6(5)9-12-2-7(10)8(11)13-9/h2-4H,1H3,(H2,11,12,13). The van der Waals surface area contributed by atoms with Crippen LogP contribution in [0.25, 0.3) is 11.4 Å². The van der Waals surface area contributed by atoms with Crippen LogP contribution in [-0.2, 0) is 0 Å². The molecule has 0 bridgehead atoms. The third-order valence-corrected chi connectivity index (χ3v) is 3.34. The van der Waals surface area contributed by atoms with E-state index in [0.29, 0.717) is 11.6 Å². The van der Waals surface area contributed by atoms with E-state index in [0.717, 1.165) is 10.0 Å². The predicted molar refractivity (Wildman–Crippen MR) is 62.2 cm³/mol. The zero-order chi connectivity index (χ0) is 10.1. The van der Waals surface area contributed by atoms with Crippen molar-refractivity contribution in [1.82, 2.24) is 9.97 Å². The molecule has 2 N–H and O–H groups in total. The molecule has 0 saturated heterocycles. The Hall–Kier alpha value is -0.940. The lowest BCUT2D eigenvalue weighted by Gasteiger charge is -2.01. The van der Waals surface area contributed by atoms with Crippen molar-refractivity contribution in [1.29, 1.82) is 0 Å². The van der Waals surface area contributed by atoms with Crippen molar-refractivity contribution < 1.29 is 0 Å². The Morgan fingerprint density at radius 1 is 1.43 bits per heavy atom. The number of halogens is 1. The maximum absolute atomic E-state index is 5.68. The van der Waals surface area contributed by atoms with Crippen molar-refractivity contribution >= 4 is 33.1 Å². The topological polar surface area (TPSA) is 51.8 Å². The van der Waals surface area contributed by atoms with Gasteiger partial charge in [-0.3, -0.25) is 0 Å². The molecule has 0 aliphatic carbocycles. The van der Waals surface area contributed by atoms with Crippen LogP contribution in [0.2, 0.25) is 0 Å². The van der Waals surface area contributed by atoms with Gasteiger partial charge in [0.2, 0.25) is 0 Å². The second-order valence-corrected chi connectivity index (χ2v) is 4.49. The normalized spacial score (nSPS) is 10.4. The maximum atomic E-state index is 5.68. The highest BCUT2D eigenvalue weighted by Crippen LogP contribution is 2.25. The molecule has 72 valence electrons. The lowest BCUT2D eigenvalue weighted by atomic mass is 10.2. The van der Waals surface area contributed by atoms with Crippen molar-refractivity contribution in [2.75, 3.05) is 5.73 Å². The summed E-state index contributed by atoms with van der Waals surface area (Å²) in [5.41, 5.74) is 7.91. The van der Waals surface area contributed by atoms with Crippen LogP contribution >= 0.6 is 27.3 Å². The molecule has 2 aromatic rings. The van der Waals surface area contributed by atoms with Crippen molar-refractivity contribution in [2.24, 2.45) is 0 Å². The Kier molecular flexibility index (Phi) is 2.52. The van der Waals surface area contributed by atoms with E-state index >= 15 is 0 Å². The minimum atomic E-state index is 0.473. The van der Waals surface area contributed by atoms with E-state index in [1.165, 1.54) is 5.56 Å². The number of hydrogen-bond acceptors (Lipinski definition) is 4. The Labute approximate surface area is 94.1 Å². The van der Waals surface area contributed by atoms with Gasteiger partial charge in [-0.05, 0) is 33.8 Å². The van der Waals surface area contributed by atoms with Crippen molar-refractivity contribution in [3.63, 3.8) is 0 Å². The van der Waals surface area contributed by atoms with E-state index in [1.54, 1.807) is 17.5 Å². The van der Waals surface area contributed by atoms with E-state index in [-0.39, 0.29) is 0 Å². The molecule has 0 atom stereocenters. The van der Waals surface area contributed by atoms with E-state index in [9.17, 15) is 0 Å². The summed E-state index contributed by atoms with van der Waals surface area (Å²) in [6.45, 7) is 2.04. The van der Waals surface area contributed by atoms with Crippen LogP contribution in [-0.4, -0.2) is 9.97 Å². The monoisotopic (exact) mass is 269 g/mol. The molecule has 0 saturated carbocycles. The van der Waals surface area contributed by atoms with Crippen LogP contribution in [0.5, 0.6) is 0 Å². The number of thiophene rings is 1. The first-order valence-electron chi connectivity index (χ1n) is 3.99. The fourth-order valence-corrected chi connectivity index (χ4v) is 2.12. The molecule has 0 aliphatic heterocycles. The maximum Gasteiger partial charge on any atom is 0.162 e. The molecule has 14 heavy (non-hydrogen) atoms.